The van der Waals surface area contributed by atoms with Gasteiger partial charge in [-0.25, -0.2) is 0 Å². The van der Waals surface area contributed by atoms with Crippen LogP contribution in [0, 0.1) is 0 Å². The number of ether oxygens (including phenoxy) is 2. The standard InChI is InChI=1S/C12H14BrNO2/c13-8-1-2-9-10(14)6-12(3-4-15-7-12)16-11(9)5-8/h1-2,5,10H,3-4,6-7,14H2/t10-,12?/m0/s1. The molecule has 0 aromatic heterocycles. The normalized spacial score (nSPS) is 32.5. The van der Waals surface area contributed by atoms with Crippen molar-refractivity contribution in [3.63, 3.8) is 0 Å². The van der Waals surface area contributed by atoms with E-state index in [9.17, 15) is 0 Å². The molecule has 2 aliphatic rings. The first kappa shape index (κ1) is 10.6. The Hall–Kier alpha value is -0.580. The number of hydrogen-bond acceptors (Lipinski definition) is 3. The van der Waals surface area contributed by atoms with Gasteiger partial charge in [-0.3, -0.25) is 0 Å². The summed E-state index contributed by atoms with van der Waals surface area (Å²) in [4.78, 5) is 0. The molecule has 2 aliphatic heterocycles. The summed E-state index contributed by atoms with van der Waals surface area (Å²) in [6.07, 6.45) is 1.79. The Labute approximate surface area is 103 Å². The third-order valence-corrected chi connectivity index (χ3v) is 3.85. The zero-order valence-electron chi connectivity index (χ0n) is 8.91. The van der Waals surface area contributed by atoms with Crippen molar-refractivity contribution in [1.82, 2.24) is 0 Å². The summed E-state index contributed by atoms with van der Waals surface area (Å²) >= 11 is 3.46. The second kappa shape index (κ2) is 3.72. The van der Waals surface area contributed by atoms with Gasteiger partial charge in [0.15, 0.2) is 0 Å². The van der Waals surface area contributed by atoms with Crippen LogP contribution < -0.4 is 10.5 Å². The molecule has 3 nitrogen and oxygen atoms in total. The fourth-order valence-corrected chi connectivity index (χ4v) is 2.86. The van der Waals surface area contributed by atoms with E-state index >= 15 is 0 Å². The van der Waals surface area contributed by atoms with E-state index in [-0.39, 0.29) is 11.6 Å². The molecule has 1 unspecified atom stereocenters. The van der Waals surface area contributed by atoms with Crippen molar-refractivity contribution in [1.29, 1.82) is 0 Å². The topological polar surface area (TPSA) is 44.5 Å². The second-order valence-electron chi connectivity index (χ2n) is 4.58. The second-order valence-corrected chi connectivity index (χ2v) is 5.50. The molecule has 0 radical (unpaired) electrons. The van der Waals surface area contributed by atoms with E-state index in [1.165, 1.54) is 0 Å². The first-order valence-corrected chi connectivity index (χ1v) is 6.30. The summed E-state index contributed by atoms with van der Waals surface area (Å²) in [6.45, 7) is 1.43. The molecule has 0 aliphatic carbocycles. The van der Waals surface area contributed by atoms with Gasteiger partial charge in [0.2, 0.25) is 0 Å². The van der Waals surface area contributed by atoms with Crippen LogP contribution in [0.1, 0.15) is 24.4 Å². The Morgan fingerprint density at radius 3 is 3.06 bits per heavy atom. The van der Waals surface area contributed by atoms with Crippen LogP contribution in [0.25, 0.3) is 0 Å². The van der Waals surface area contributed by atoms with Gasteiger partial charge in [0.05, 0.1) is 13.2 Å². The maximum absolute atomic E-state index is 6.20. The summed E-state index contributed by atoms with van der Waals surface area (Å²) in [5, 5.41) is 0. The molecule has 2 heterocycles. The number of hydrogen-bond donors (Lipinski definition) is 1. The van der Waals surface area contributed by atoms with E-state index in [0.717, 1.165) is 35.2 Å². The summed E-state index contributed by atoms with van der Waals surface area (Å²) < 4.78 is 12.6. The van der Waals surface area contributed by atoms with E-state index in [1.54, 1.807) is 0 Å². The molecule has 16 heavy (non-hydrogen) atoms. The third-order valence-electron chi connectivity index (χ3n) is 3.36. The zero-order valence-corrected chi connectivity index (χ0v) is 10.5. The average molecular weight is 284 g/mol. The van der Waals surface area contributed by atoms with Gasteiger partial charge in [0, 0.05) is 28.9 Å². The molecule has 4 heteroatoms. The molecule has 2 atom stereocenters. The smallest absolute Gasteiger partial charge is 0.136 e. The minimum absolute atomic E-state index is 0.0542. The van der Waals surface area contributed by atoms with Crippen LogP contribution in [0.15, 0.2) is 22.7 Å². The molecule has 3 rings (SSSR count). The van der Waals surface area contributed by atoms with Crippen molar-refractivity contribution in [3.8, 4) is 5.75 Å². The van der Waals surface area contributed by atoms with Crippen LogP contribution in [0.2, 0.25) is 0 Å². The fourth-order valence-electron chi connectivity index (χ4n) is 2.52. The lowest BCUT2D eigenvalue weighted by Crippen LogP contribution is -2.43. The largest absolute Gasteiger partial charge is 0.484 e. The van der Waals surface area contributed by atoms with Gasteiger partial charge in [-0.15, -0.1) is 0 Å². The first-order chi connectivity index (χ1) is 7.69. The van der Waals surface area contributed by atoms with E-state index in [4.69, 9.17) is 15.2 Å². The van der Waals surface area contributed by atoms with Crippen molar-refractivity contribution >= 4 is 15.9 Å². The van der Waals surface area contributed by atoms with Crippen LogP contribution in [0.4, 0.5) is 0 Å². The third kappa shape index (κ3) is 1.65. The van der Waals surface area contributed by atoms with E-state index in [0.29, 0.717) is 6.61 Å². The predicted molar refractivity (Wildman–Crippen MR) is 64.5 cm³/mol. The maximum Gasteiger partial charge on any atom is 0.136 e. The van der Waals surface area contributed by atoms with Crippen molar-refractivity contribution in [2.24, 2.45) is 5.73 Å². The molecular formula is C12H14BrNO2. The molecule has 2 N–H and O–H groups in total. The molecule has 1 fully saturated rings. The highest BCUT2D eigenvalue weighted by molar-refractivity contribution is 9.10. The van der Waals surface area contributed by atoms with Gasteiger partial charge in [-0.1, -0.05) is 22.0 Å². The fraction of sp³-hybridized carbons (Fsp3) is 0.500. The summed E-state index contributed by atoms with van der Waals surface area (Å²) in [5.41, 5.74) is 7.11. The number of nitrogens with two attached hydrogens (primary N) is 1. The Morgan fingerprint density at radius 1 is 1.44 bits per heavy atom. The van der Waals surface area contributed by atoms with Gasteiger partial charge >= 0.3 is 0 Å². The van der Waals surface area contributed by atoms with Gasteiger partial charge < -0.3 is 15.2 Å². The molecule has 0 amide bonds. The van der Waals surface area contributed by atoms with Crippen LogP contribution in [0.3, 0.4) is 0 Å². The lowest BCUT2D eigenvalue weighted by Gasteiger charge is -2.37. The van der Waals surface area contributed by atoms with E-state index < -0.39 is 0 Å². The number of fused-ring (bicyclic) bond motifs is 1. The molecular weight excluding hydrogens is 270 g/mol. The van der Waals surface area contributed by atoms with Gasteiger partial charge in [0.25, 0.3) is 0 Å². The molecule has 1 aromatic rings. The molecule has 1 spiro atoms. The van der Waals surface area contributed by atoms with Crippen molar-refractivity contribution in [2.75, 3.05) is 13.2 Å². The molecule has 86 valence electrons. The predicted octanol–water partition coefficient (Wildman–Crippen LogP) is 2.39. The van der Waals surface area contributed by atoms with Gasteiger partial charge in [-0.05, 0) is 12.1 Å². The molecule has 0 saturated carbocycles. The number of benzene rings is 1. The highest BCUT2D eigenvalue weighted by Crippen LogP contribution is 2.42. The van der Waals surface area contributed by atoms with E-state index in [2.05, 4.69) is 15.9 Å². The highest BCUT2D eigenvalue weighted by atomic mass is 79.9. The zero-order chi connectivity index (χ0) is 11.2. The van der Waals surface area contributed by atoms with E-state index in [1.807, 2.05) is 18.2 Å². The summed E-state index contributed by atoms with van der Waals surface area (Å²) in [7, 11) is 0. The summed E-state index contributed by atoms with van der Waals surface area (Å²) in [5.74, 6) is 0.902. The maximum atomic E-state index is 6.20. The average Bonchev–Trinajstić information content (AvgIpc) is 2.65. The molecule has 1 aromatic carbocycles. The highest BCUT2D eigenvalue weighted by Gasteiger charge is 2.43. The first-order valence-electron chi connectivity index (χ1n) is 5.50. The Balaban J connectivity index is 2.00. The Kier molecular flexibility index (Phi) is 2.46. The van der Waals surface area contributed by atoms with Crippen molar-refractivity contribution in [2.45, 2.75) is 24.5 Å². The number of halogens is 1. The van der Waals surface area contributed by atoms with Gasteiger partial charge in [-0.2, -0.15) is 0 Å². The van der Waals surface area contributed by atoms with Gasteiger partial charge in [0.1, 0.15) is 11.4 Å². The van der Waals surface area contributed by atoms with Crippen LogP contribution in [-0.2, 0) is 4.74 Å². The molecule has 1 saturated heterocycles. The Morgan fingerprint density at radius 2 is 2.31 bits per heavy atom. The Bertz CT molecular complexity index is 415. The van der Waals surface area contributed by atoms with Crippen molar-refractivity contribution < 1.29 is 9.47 Å². The number of rotatable bonds is 0. The lowest BCUT2D eigenvalue weighted by molar-refractivity contribution is 0.0235. The quantitative estimate of drug-likeness (QED) is 0.795. The minimum Gasteiger partial charge on any atom is -0.484 e. The summed E-state index contributed by atoms with van der Waals surface area (Å²) in [6, 6.07) is 6.09. The minimum atomic E-state index is -0.187. The monoisotopic (exact) mass is 283 g/mol. The van der Waals surface area contributed by atoms with Crippen LogP contribution in [0.5, 0.6) is 5.75 Å². The van der Waals surface area contributed by atoms with Crippen LogP contribution in [-0.4, -0.2) is 18.8 Å². The SMILES string of the molecule is N[C@H]1CC2(CCOC2)Oc2cc(Br)ccc21. The molecule has 0 bridgehead atoms. The lowest BCUT2D eigenvalue weighted by atomic mass is 9.87. The van der Waals surface area contributed by atoms with Crippen LogP contribution >= 0.6 is 15.9 Å². The van der Waals surface area contributed by atoms with Crippen molar-refractivity contribution in [3.05, 3.63) is 28.2 Å².